The molecule has 0 saturated heterocycles. The lowest BCUT2D eigenvalue weighted by molar-refractivity contribution is 0.0926. The maximum absolute atomic E-state index is 11.9. The zero-order chi connectivity index (χ0) is 13.9. The molecule has 3 aromatic rings. The van der Waals surface area contributed by atoms with Crippen LogP contribution < -0.4 is 11.1 Å². The van der Waals surface area contributed by atoms with Crippen LogP contribution in [0.25, 0.3) is 11.0 Å². The number of carbonyl (C=O) groups excluding carboxylic acids is 1. The molecule has 3 rings (SSSR count). The van der Waals surface area contributed by atoms with Gasteiger partial charge in [0.25, 0.3) is 5.91 Å². The van der Waals surface area contributed by atoms with Crippen LogP contribution in [0.2, 0.25) is 0 Å². The minimum atomic E-state index is -0.264. The zero-order valence-corrected chi connectivity index (χ0v) is 10.6. The Balaban J connectivity index is 1.66. The van der Waals surface area contributed by atoms with Crippen LogP contribution in [0.1, 0.15) is 10.6 Å². The predicted octanol–water partition coefficient (Wildman–Crippen LogP) is 1.04. The van der Waals surface area contributed by atoms with Crippen molar-refractivity contribution in [2.75, 3.05) is 12.3 Å². The number of rotatable bonds is 4. The Morgan fingerprint density at radius 3 is 3.10 bits per heavy atom. The quantitative estimate of drug-likeness (QED) is 0.691. The predicted molar refractivity (Wildman–Crippen MR) is 73.0 cm³/mol. The molecule has 20 heavy (non-hydrogen) atoms. The monoisotopic (exact) mass is 271 g/mol. The van der Waals surface area contributed by atoms with Gasteiger partial charge in [0, 0.05) is 23.8 Å². The number of hydrogen-bond acceptors (Lipinski definition) is 5. The molecular formula is C13H13N5O2. The third kappa shape index (κ3) is 2.46. The van der Waals surface area contributed by atoms with Crippen molar-refractivity contribution < 1.29 is 9.21 Å². The van der Waals surface area contributed by atoms with E-state index < -0.39 is 0 Å². The largest absolute Gasteiger partial charge is 0.451 e. The first kappa shape index (κ1) is 12.2. The highest BCUT2D eigenvalue weighted by Gasteiger charge is 2.11. The van der Waals surface area contributed by atoms with Gasteiger partial charge in [-0.25, -0.2) is 0 Å². The number of nitrogen functional groups attached to an aromatic ring is 1. The summed E-state index contributed by atoms with van der Waals surface area (Å²) >= 11 is 0. The summed E-state index contributed by atoms with van der Waals surface area (Å²) in [6.45, 7) is 1.00. The summed E-state index contributed by atoms with van der Waals surface area (Å²) in [5.74, 6) is 0.00378. The van der Waals surface area contributed by atoms with Gasteiger partial charge in [-0.3, -0.25) is 9.48 Å². The third-order valence-corrected chi connectivity index (χ3v) is 2.86. The minimum absolute atomic E-state index is 0.264. The Bertz CT molecular complexity index is 732. The van der Waals surface area contributed by atoms with Crippen LogP contribution in [0.3, 0.4) is 0 Å². The topological polar surface area (TPSA) is 99.0 Å². The van der Waals surface area contributed by atoms with E-state index in [4.69, 9.17) is 10.2 Å². The van der Waals surface area contributed by atoms with Crippen molar-refractivity contribution in [1.29, 1.82) is 0 Å². The Morgan fingerprint density at radius 2 is 2.30 bits per heavy atom. The lowest BCUT2D eigenvalue weighted by Crippen LogP contribution is -2.27. The van der Waals surface area contributed by atoms with Gasteiger partial charge in [-0.2, -0.15) is 0 Å². The fourth-order valence-corrected chi connectivity index (χ4v) is 1.90. The van der Waals surface area contributed by atoms with E-state index in [9.17, 15) is 4.79 Å². The van der Waals surface area contributed by atoms with E-state index in [1.807, 2.05) is 0 Å². The maximum atomic E-state index is 11.9. The number of amides is 1. The number of nitrogens with two attached hydrogens (primary N) is 1. The van der Waals surface area contributed by atoms with Gasteiger partial charge in [-0.15, -0.1) is 5.10 Å². The van der Waals surface area contributed by atoms with Crippen molar-refractivity contribution in [3.63, 3.8) is 0 Å². The lowest BCUT2D eigenvalue weighted by Gasteiger charge is -2.02. The van der Waals surface area contributed by atoms with Crippen molar-refractivity contribution in [3.8, 4) is 0 Å². The number of fused-ring (bicyclic) bond motifs is 1. The third-order valence-electron chi connectivity index (χ3n) is 2.86. The van der Waals surface area contributed by atoms with Gasteiger partial charge in [0.1, 0.15) is 5.58 Å². The molecule has 0 aliphatic carbocycles. The van der Waals surface area contributed by atoms with Gasteiger partial charge >= 0.3 is 0 Å². The normalized spacial score (nSPS) is 10.8. The zero-order valence-electron chi connectivity index (χ0n) is 10.6. The summed E-state index contributed by atoms with van der Waals surface area (Å²) < 4.78 is 7.11. The van der Waals surface area contributed by atoms with Crippen LogP contribution in [-0.4, -0.2) is 27.4 Å². The molecule has 0 spiro atoms. The highest BCUT2D eigenvalue weighted by Crippen LogP contribution is 2.21. The Morgan fingerprint density at radius 1 is 1.40 bits per heavy atom. The number of hydrogen-bond donors (Lipinski definition) is 2. The molecule has 1 aromatic carbocycles. The number of aromatic nitrogens is 3. The fraction of sp³-hybridized carbons (Fsp3) is 0.154. The molecule has 0 radical (unpaired) electrons. The number of anilines is 1. The molecular weight excluding hydrogens is 258 g/mol. The molecule has 3 N–H and O–H groups in total. The van der Waals surface area contributed by atoms with Crippen molar-refractivity contribution in [1.82, 2.24) is 20.3 Å². The average molecular weight is 271 g/mol. The van der Waals surface area contributed by atoms with Gasteiger partial charge in [-0.1, -0.05) is 5.21 Å². The van der Waals surface area contributed by atoms with Gasteiger partial charge in [-0.05, 0) is 24.3 Å². The van der Waals surface area contributed by atoms with E-state index in [1.165, 1.54) is 0 Å². The van der Waals surface area contributed by atoms with Crippen LogP contribution in [0.4, 0.5) is 5.69 Å². The molecule has 0 unspecified atom stereocenters. The molecule has 0 bridgehead atoms. The molecule has 1 amide bonds. The fourth-order valence-electron chi connectivity index (χ4n) is 1.90. The lowest BCUT2D eigenvalue weighted by atomic mass is 10.2. The van der Waals surface area contributed by atoms with Crippen molar-refractivity contribution >= 4 is 22.6 Å². The summed E-state index contributed by atoms with van der Waals surface area (Å²) in [6.07, 6.45) is 3.32. The molecule has 0 aliphatic rings. The van der Waals surface area contributed by atoms with Crippen LogP contribution in [-0.2, 0) is 6.54 Å². The second kappa shape index (κ2) is 5.04. The minimum Gasteiger partial charge on any atom is -0.451 e. The Hall–Kier alpha value is -2.83. The van der Waals surface area contributed by atoms with E-state index in [0.29, 0.717) is 24.4 Å². The van der Waals surface area contributed by atoms with Gasteiger partial charge in [0.05, 0.1) is 12.7 Å². The van der Waals surface area contributed by atoms with E-state index in [1.54, 1.807) is 41.3 Å². The van der Waals surface area contributed by atoms with Crippen molar-refractivity contribution in [2.45, 2.75) is 6.54 Å². The van der Waals surface area contributed by atoms with Gasteiger partial charge < -0.3 is 15.5 Å². The highest BCUT2D eigenvalue weighted by atomic mass is 16.3. The summed E-state index contributed by atoms with van der Waals surface area (Å²) in [7, 11) is 0. The molecule has 0 atom stereocenters. The summed E-state index contributed by atoms with van der Waals surface area (Å²) in [5, 5.41) is 11.1. The van der Waals surface area contributed by atoms with E-state index >= 15 is 0 Å². The SMILES string of the molecule is Nc1ccc2oc(C(=O)NCCn3ccnn3)cc2c1. The highest BCUT2D eigenvalue weighted by molar-refractivity contribution is 5.96. The first-order valence-corrected chi connectivity index (χ1v) is 6.14. The van der Waals surface area contributed by atoms with E-state index in [2.05, 4.69) is 15.6 Å². The molecule has 0 aliphatic heterocycles. The first-order valence-electron chi connectivity index (χ1n) is 6.14. The Kier molecular flexibility index (Phi) is 3.08. The first-order chi connectivity index (χ1) is 9.72. The standard InChI is InChI=1S/C13H13N5O2/c14-10-1-2-11-9(7-10)8-12(20-11)13(19)15-3-5-18-6-4-16-17-18/h1-2,4,6-8H,3,5,14H2,(H,15,19). The molecule has 7 nitrogen and oxygen atoms in total. The molecule has 102 valence electrons. The summed E-state index contributed by atoms with van der Waals surface area (Å²) in [6, 6.07) is 6.93. The smallest absolute Gasteiger partial charge is 0.287 e. The number of benzene rings is 1. The van der Waals surface area contributed by atoms with E-state index in [0.717, 1.165) is 5.39 Å². The Labute approximate surface area is 114 Å². The molecule has 7 heteroatoms. The van der Waals surface area contributed by atoms with Crippen LogP contribution in [0.5, 0.6) is 0 Å². The van der Waals surface area contributed by atoms with Crippen molar-refractivity contribution in [2.24, 2.45) is 0 Å². The number of nitrogens with zero attached hydrogens (tertiary/aromatic N) is 3. The number of furan rings is 1. The van der Waals surface area contributed by atoms with E-state index in [-0.39, 0.29) is 11.7 Å². The molecule has 0 saturated carbocycles. The average Bonchev–Trinajstić information content (AvgIpc) is 3.06. The number of nitrogens with one attached hydrogen (secondary N) is 1. The maximum Gasteiger partial charge on any atom is 0.287 e. The van der Waals surface area contributed by atoms with Crippen LogP contribution in [0.15, 0.2) is 41.1 Å². The van der Waals surface area contributed by atoms with Gasteiger partial charge in [0.15, 0.2) is 5.76 Å². The second-order valence-corrected chi connectivity index (χ2v) is 4.33. The molecule has 2 heterocycles. The van der Waals surface area contributed by atoms with Gasteiger partial charge in [0.2, 0.25) is 0 Å². The van der Waals surface area contributed by atoms with Crippen LogP contribution >= 0.6 is 0 Å². The summed E-state index contributed by atoms with van der Waals surface area (Å²) in [5.41, 5.74) is 6.96. The number of carbonyl (C=O) groups is 1. The second-order valence-electron chi connectivity index (χ2n) is 4.33. The summed E-state index contributed by atoms with van der Waals surface area (Å²) in [4.78, 5) is 11.9. The molecule has 0 fully saturated rings. The molecule has 2 aromatic heterocycles. The van der Waals surface area contributed by atoms with Crippen molar-refractivity contribution in [3.05, 3.63) is 42.4 Å². The van der Waals surface area contributed by atoms with Crippen LogP contribution in [0, 0.1) is 0 Å².